The molecule has 4 atom stereocenters. The van der Waals surface area contributed by atoms with Crippen molar-refractivity contribution in [2.24, 2.45) is 17.3 Å². The normalized spacial score (nSPS) is 40.3. The first-order valence-electron chi connectivity index (χ1n) is 11.6. The van der Waals surface area contributed by atoms with Crippen molar-refractivity contribution < 1.29 is 13.9 Å². The largest absolute Gasteiger partial charge is 0.413 e. The van der Waals surface area contributed by atoms with Crippen LogP contribution in [-0.2, 0) is 13.9 Å². The van der Waals surface area contributed by atoms with E-state index < -0.39 is 8.32 Å². The summed E-state index contributed by atoms with van der Waals surface area (Å²) in [6.45, 7) is 11.0. The Kier molecular flexibility index (Phi) is 5.65. The van der Waals surface area contributed by atoms with E-state index in [-0.39, 0.29) is 5.79 Å². The fourth-order valence-electron chi connectivity index (χ4n) is 7.02. The van der Waals surface area contributed by atoms with Crippen LogP contribution < -0.4 is 0 Å². The Hall–Kier alpha value is -0.163. The van der Waals surface area contributed by atoms with E-state index in [0.29, 0.717) is 23.4 Å². The van der Waals surface area contributed by atoms with Gasteiger partial charge < -0.3 is 13.9 Å². The summed E-state index contributed by atoms with van der Waals surface area (Å²) in [5.74, 6) is 0.813. The number of allylic oxidation sites excluding steroid dienone is 1. The van der Waals surface area contributed by atoms with Gasteiger partial charge in [0.15, 0.2) is 14.1 Å². The Morgan fingerprint density at radius 3 is 2.44 bits per heavy atom. The number of hydrogen-bond donors (Lipinski definition) is 0. The van der Waals surface area contributed by atoms with Crippen LogP contribution in [0.2, 0.25) is 18.1 Å². The molecule has 3 fully saturated rings. The molecule has 1 saturated heterocycles. The minimum atomic E-state index is -1.64. The van der Waals surface area contributed by atoms with Crippen molar-refractivity contribution in [3.63, 3.8) is 0 Å². The molecule has 4 aliphatic rings. The summed E-state index contributed by atoms with van der Waals surface area (Å²) >= 11 is 0. The van der Waals surface area contributed by atoms with E-state index in [4.69, 9.17) is 13.9 Å². The van der Waals surface area contributed by atoms with E-state index in [1.807, 2.05) is 0 Å². The fourth-order valence-corrected chi connectivity index (χ4v) is 9.92. The highest BCUT2D eigenvalue weighted by Crippen LogP contribution is 2.64. The van der Waals surface area contributed by atoms with Gasteiger partial charge >= 0.3 is 0 Å². The minimum absolute atomic E-state index is 0.305. The van der Waals surface area contributed by atoms with Gasteiger partial charge in [-0.1, -0.05) is 38.8 Å². The third-order valence-corrected chi connectivity index (χ3v) is 13.4. The first kappa shape index (κ1) is 20.1. The molecule has 0 amide bonds. The number of hydrogen-bond acceptors (Lipinski definition) is 3. The number of ether oxygens (including phenoxy) is 2. The monoisotopic (exact) mass is 392 g/mol. The van der Waals surface area contributed by atoms with E-state index in [1.54, 1.807) is 5.57 Å². The van der Waals surface area contributed by atoms with Gasteiger partial charge in [0, 0.05) is 12.3 Å². The van der Waals surface area contributed by atoms with Crippen molar-refractivity contribution in [3.8, 4) is 0 Å². The Bertz CT molecular complexity index is 556. The van der Waals surface area contributed by atoms with Crippen molar-refractivity contribution >= 4 is 8.32 Å². The molecule has 1 heterocycles. The Morgan fingerprint density at radius 1 is 1.07 bits per heavy atom. The second-order valence-electron chi connectivity index (χ2n) is 9.76. The first-order chi connectivity index (χ1) is 13.0. The van der Waals surface area contributed by atoms with Gasteiger partial charge in [-0.2, -0.15) is 0 Å². The topological polar surface area (TPSA) is 27.7 Å². The second kappa shape index (κ2) is 7.59. The predicted octanol–water partition coefficient (Wildman–Crippen LogP) is 6.06. The lowest BCUT2D eigenvalue weighted by Crippen LogP contribution is -2.54. The molecule has 3 aliphatic carbocycles. The standard InChI is InChI=1S/C23H40O3Si/c1-5-27(6-2,7-3)26-20-17-18(4)10-12-22-11-8-9-19(20)21(22)23(14-13-22)24-15-16-25-23/h10,19-21H,5-9,11-17H2,1-4H3/b18-10-/t19?,20-,21?,22?/m0/s1. The molecule has 1 aliphatic heterocycles. The van der Waals surface area contributed by atoms with Gasteiger partial charge in [0.05, 0.1) is 19.3 Å². The lowest BCUT2D eigenvalue weighted by Gasteiger charge is -2.52. The number of rotatable bonds is 5. The van der Waals surface area contributed by atoms with E-state index in [1.165, 1.54) is 50.2 Å². The van der Waals surface area contributed by atoms with Crippen molar-refractivity contribution in [1.82, 2.24) is 0 Å². The van der Waals surface area contributed by atoms with E-state index in [0.717, 1.165) is 26.1 Å². The van der Waals surface area contributed by atoms with Gasteiger partial charge in [-0.15, -0.1) is 0 Å². The fraction of sp³-hybridized carbons (Fsp3) is 0.913. The van der Waals surface area contributed by atoms with Crippen LogP contribution in [0.5, 0.6) is 0 Å². The summed E-state index contributed by atoms with van der Waals surface area (Å²) in [5, 5.41) is 0. The van der Waals surface area contributed by atoms with Crippen LogP contribution >= 0.6 is 0 Å². The molecule has 0 aromatic carbocycles. The smallest absolute Gasteiger partial charge is 0.192 e. The molecule has 154 valence electrons. The van der Waals surface area contributed by atoms with Gasteiger partial charge in [-0.3, -0.25) is 0 Å². The van der Waals surface area contributed by atoms with Crippen molar-refractivity contribution in [3.05, 3.63) is 11.6 Å². The molecule has 3 unspecified atom stereocenters. The zero-order valence-electron chi connectivity index (χ0n) is 18.0. The van der Waals surface area contributed by atoms with Gasteiger partial charge in [0.2, 0.25) is 0 Å². The molecular formula is C23H40O3Si. The Labute approximate surface area is 167 Å². The van der Waals surface area contributed by atoms with Crippen LogP contribution in [0.15, 0.2) is 11.6 Å². The van der Waals surface area contributed by atoms with Crippen LogP contribution in [-0.4, -0.2) is 33.4 Å². The van der Waals surface area contributed by atoms with E-state index in [9.17, 15) is 0 Å². The maximum Gasteiger partial charge on any atom is 0.192 e. The molecule has 0 aromatic rings. The predicted molar refractivity (Wildman–Crippen MR) is 112 cm³/mol. The minimum Gasteiger partial charge on any atom is -0.413 e. The third-order valence-electron chi connectivity index (χ3n) is 8.71. The quantitative estimate of drug-likeness (QED) is 0.420. The van der Waals surface area contributed by atoms with Crippen LogP contribution in [0, 0.1) is 17.3 Å². The molecule has 2 bridgehead atoms. The third kappa shape index (κ3) is 3.29. The zero-order valence-corrected chi connectivity index (χ0v) is 19.0. The highest BCUT2D eigenvalue weighted by atomic mass is 28.4. The maximum absolute atomic E-state index is 7.21. The molecule has 27 heavy (non-hydrogen) atoms. The van der Waals surface area contributed by atoms with E-state index in [2.05, 4.69) is 33.8 Å². The second-order valence-corrected chi connectivity index (χ2v) is 14.5. The molecule has 4 heteroatoms. The maximum atomic E-state index is 7.21. The van der Waals surface area contributed by atoms with Crippen molar-refractivity contribution in [2.75, 3.05) is 13.2 Å². The summed E-state index contributed by atoms with van der Waals surface area (Å²) in [7, 11) is -1.64. The average Bonchev–Trinajstić information content (AvgIpc) is 3.29. The van der Waals surface area contributed by atoms with Crippen molar-refractivity contribution in [1.29, 1.82) is 0 Å². The highest BCUT2D eigenvalue weighted by molar-refractivity contribution is 6.73. The molecule has 3 nitrogen and oxygen atoms in total. The summed E-state index contributed by atoms with van der Waals surface area (Å²) in [5.41, 5.74) is 1.93. The van der Waals surface area contributed by atoms with Gasteiger partial charge in [-0.05, 0) is 68.5 Å². The lowest BCUT2D eigenvalue weighted by atomic mass is 9.58. The van der Waals surface area contributed by atoms with Crippen LogP contribution in [0.3, 0.4) is 0 Å². The van der Waals surface area contributed by atoms with Crippen LogP contribution in [0.25, 0.3) is 0 Å². The summed E-state index contributed by atoms with van der Waals surface area (Å²) in [6, 6.07) is 3.71. The summed E-state index contributed by atoms with van der Waals surface area (Å²) in [6.07, 6.45) is 11.6. The zero-order chi connectivity index (χ0) is 19.1. The van der Waals surface area contributed by atoms with Crippen LogP contribution in [0.4, 0.5) is 0 Å². The highest BCUT2D eigenvalue weighted by Gasteiger charge is 2.64. The Morgan fingerprint density at radius 2 is 1.78 bits per heavy atom. The Balaban J connectivity index is 1.72. The van der Waals surface area contributed by atoms with Gasteiger partial charge in [0.1, 0.15) is 0 Å². The van der Waals surface area contributed by atoms with Crippen molar-refractivity contribution in [2.45, 2.75) is 103 Å². The first-order valence-corrected chi connectivity index (χ1v) is 14.2. The molecule has 4 rings (SSSR count). The van der Waals surface area contributed by atoms with E-state index >= 15 is 0 Å². The van der Waals surface area contributed by atoms with Gasteiger partial charge in [-0.25, -0.2) is 0 Å². The average molecular weight is 393 g/mol. The molecule has 0 radical (unpaired) electrons. The molecule has 0 aromatic heterocycles. The molecule has 0 N–H and O–H groups in total. The summed E-state index contributed by atoms with van der Waals surface area (Å²) in [4.78, 5) is 0. The molecule has 1 spiro atoms. The molecular weight excluding hydrogens is 352 g/mol. The summed E-state index contributed by atoms with van der Waals surface area (Å²) < 4.78 is 20.0. The lowest BCUT2D eigenvalue weighted by molar-refractivity contribution is -0.223. The SMILES string of the molecule is CC[Si](CC)(CC)O[C@H]1C/C(C)=C\CC23CCCC1C2C1(CC3)OCCO1. The molecule has 2 saturated carbocycles. The van der Waals surface area contributed by atoms with Crippen LogP contribution in [0.1, 0.15) is 72.6 Å². The van der Waals surface area contributed by atoms with Gasteiger partial charge in [0.25, 0.3) is 0 Å².